The lowest BCUT2D eigenvalue weighted by molar-refractivity contribution is 0.768. The number of para-hydroxylation sites is 1. The lowest BCUT2D eigenvalue weighted by Gasteiger charge is -2.15. The third kappa shape index (κ3) is 11.3. The number of pyridine rings is 2. The fourth-order valence-electron chi connectivity index (χ4n) is 15.4. The average Bonchev–Trinajstić information content (AvgIpc) is 1.20. The summed E-state index contributed by atoms with van der Waals surface area (Å²) in [4.78, 5) is 18.3. The molecule has 4 aromatic heterocycles. The van der Waals surface area contributed by atoms with Crippen molar-refractivity contribution in [1.82, 2.24) is 29.7 Å². The number of nitrogens with zero attached hydrogens (tertiary/aromatic N) is 6. The van der Waals surface area contributed by atoms with Crippen LogP contribution in [0, 0.1) is 27.7 Å². The molecule has 0 N–H and O–H groups in total. The highest BCUT2D eigenvalue weighted by molar-refractivity contribution is 7.21. The van der Waals surface area contributed by atoms with Crippen LogP contribution < -0.4 is 0 Å². The Morgan fingerprint density at radius 3 is 0.893 bits per heavy atom. The normalized spacial score (nSPS) is 11.5. The van der Waals surface area contributed by atoms with Gasteiger partial charge in [-0.05, 0) is 240 Å². The summed E-state index contributed by atoms with van der Waals surface area (Å²) in [7, 11) is 1.89. The van der Waals surface area contributed by atoms with E-state index in [1.807, 2.05) is 49.8 Å². The first-order valence-corrected chi connectivity index (χ1v) is 35.9. The van der Waals surface area contributed by atoms with Crippen molar-refractivity contribution in [2.75, 3.05) is 0 Å². The molecule has 21 rings (SSSR count). The Kier molecular flexibility index (Phi) is 15.8. The Bertz CT molecular complexity index is 6800. The average molecular weight is 1340 g/mol. The molecule has 0 aliphatic rings. The molecular formula is C96H68N6S. The van der Waals surface area contributed by atoms with Crippen LogP contribution in [0.2, 0.25) is 0 Å². The van der Waals surface area contributed by atoms with E-state index in [-0.39, 0.29) is 0 Å². The minimum absolute atomic E-state index is 0.761. The lowest BCUT2D eigenvalue weighted by Crippen LogP contribution is -1.90. The van der Waals surface area contributed by atoms with Crippen molar-refractivity contribution in [1.29, 1.82) is 0 Å². The molecule has 0 radical (unpaired) electrons. The number of hydrogen-bond acceptors (Lipinski definition) is 6. The molecule has 0 aliphatic carbocycles. The summed E-state index contributed by atoms with van der Waals surface area (Å²) in [5.74, 6) is 0.761. The highest BCUT2D eigenvalue weighted by atomic mass is 32.1. The number of fused-ring (bicyclic) bond motifs is 25. The van der Waals surface area contributed by atoms with Gasteiger partial charge in [0, 0.05) is 41.7 Å². The van der Waals surface area contributed by atoms with E-state index in [0.29, 0.717) is 0 Å². The number of aromatic nitrogens is 6. The van der Waals surface area contributed by atoms with Crippen LogP contribution in [0.3, 0.4) is 0 Å². The van der Waals surface area contributed by atoms with Gasteiger partial charge in [0.15, 0.2) is 5.82 Å². The standard InChI is InChI=1S/C27H23N.C25H15NS.C23H15N.C21H15N3/c1-16-11-22-21-9-8-20(27-7-5-6-10-28-27)15-26(21)25-14-19(4)18(3)13-24(25)23(22)12-17(16)2;1-2-9-19-17(7-1)18-8-3-4-10-20(18)22-15-16(13-14-21(19)22)25-26-23-11-5-6-12-24(23)27-25;1-2-9-19-17(7-1)18-8-3-4-10-20(18)22-15-16(12-13-21(19)22)23-11-5-6-14-24-23;1-24-13-22-21(23-24)14-10-11-19-17-8-3-2-6-15(17)16-7-4-5-9-18(16)20(19)12-14/h5-15H,1-4H3;1-15H;1-15H;2-13H,1H3. The molecule has 4 heterocycles. The van der Waals surface area contributed by atoms with Gasteiger partial charge in [-0.2, -0.15) is 5.10 Å². The summed E-state index contributed by atoms with van der Waals surface area (Å²) >= 11 is 1.76. The largest absolute Gasteiger partial charge is 0.256 e. The van der Waals surface area contributed by atoms with Crippen molar-refractivity contribution in [2.45, 2.75) is 27.7 Å². The SMILES string of the molecule is Cc1cc2c3ccc(-c4ccccn4)cc3c3cc(C)c(C)cc3c2cc1C.Cn1cnc(-c2ccc3c4ccccc4c4ccccc4c3c2)n1.c1ccc(-c2ccc3c4ccccc4c4ccccc4c3c2)nc1.c1ccc2sc(-c3ccc4c5ccccc5c5ccccc5c4c3)nc2c1. The molecule has 0 saturated carbocycles. The maximum Gasteiger partial charge on any atom is 0.181 e. The van der Waals surface area contributed by atoms with Crippen LogP contribution in [0.4, 0.5) is 0 Å². The Hall–Kier alpha value is -12.8. The van der Waals surface area contributed by atoms with E-state index in [1.54, 1.807) is 22.3 Å². The van der Waals surface area contributed by atoms with Gasteiger partial charge in [0.2, 0.25) is 0 Å². The summed E-state index contributed by atoms with van der Waals surface area (Å²) in [5, 5.41) is 36.7. The summed E-state index contributed by atoms with van der Waals surface area (Å²) in [6.45, 7) is 8.81. The number of rotatable bonds is 4. The van der Waals surface area contributed by atoms with Gasteiger partial charge in [-0.1, -0.05) is 243 Å². The zero-order valence-corrected chi connectivity index (χ0v) is 58.5. The van der Waals surface area contributed by atoms with Crippen LogP contribution in [0.15, 0.2) is 322 Å². The van der Waals surface area contributed by atoms with Crippen LogP contribution in [0.1, 0.15) is 22.3 Å². The van der Waals surface area contributed by atoms with Gasteiger partial charge in [-0.3, -0.25) is 14.6 Å². The third-order valence-electron chi connectivity index (χ3n) is 20.7. The van der Waals surface area contributed by atoms with Crippen molar-refractivity contribution in [3.8, 4) is 44.5 Å². The topological polar surface area (TPSA) is 69.4 Å². The zero-order chi connectivity index (χ0) is 69.2. The molecule has 0 unspecified atom stereocenters. The number of thiazole rings is 1. The van der Waals surface area contributed by atoms with Gasteiger partial charge >= 0.3 is 0 Å². The number of aryl methyl sites for hydroxylation is 5. The van der Waals surface area contributed by atoms with Crippen LogP contribution in [0.25, 0.3) is 184 Å². The van der Waals surface area contributed by atoms with Gasteiger partial charge < -0.3 is 0 Å². The first-order chi connectivity index (χ1) is 50.6. The smallest absolute Gasteiger partial charge is 0.181 e. The lowest BCUT2D eigenvalue weighted by atomic mass is 9.89. The van der Waals surface area contributed by atoms with Gasteiger partial charge in [0.05, 0.1) is 21.6 Å². The van der Waals surface area contributed by atoms with Crippen molar-refractivity contribution < 1.29 is 0 Å². The molecule has 0 amide bonds. The van der Waals surface area contributed by atoms with E-state index in [9.17, 15) is 0 Å². The van der Waals surface area contributed by atoms with E-state index in [4.69, 9.17) is 4.98 Å². The number of hydrogen-bond donors (Lipinski definition) is 0. The Morgan fingerprint density at radius 2 is 0.534 bits per heavy atom. The molecule has 6 nitrogen and oxygen atoms in total. The second kappa shape index (κ2) is 26.0. The molecule has 0 atom stereocenters. The molecule has 21 aromatic rings. The summed E-state index contributed by atoms with van der Waals surface area (Å²) in [6, 6.07) is 109. The van der Waals surface area contributed by atoms with Crippen LogP contribution in [0.5, 0.6) is 0 Å². The Balaban J connectivity index is 0.0000000983. The maximum absolute atomic E-state index is 4.85. The first-order valence-electron chi connectivity index (χ1n) is 35.1. The van der Waals surface area contributed by atoms with Gasteiger partial charge in [0.1, 0.15) is 11.3 Å². The minimum Gasteiger partial charge on any atom is -0.256 e. The minimum atomic E-state index is 0.761. The molecule has 7 heteroatoms. The highest BCUT2D eigenvalue weighted by Crippen LogP contribution is 2.43. The predicted molar refractivity (Wildman–Crippen MR) is 440 cm³/mol. The van der Waals surface area contributed by atoms with Crippen molar-refractivity contribution in [3.63, 3.8) is 0 Å². The van der Waals surface area contributed by atoms with Gasteiger partial charge in [-0.25, -0.2) is 9.97 Å². The van der Waals surface area contributed by atoms with Crippen molar-refractivity contribution in [3.05, 3.63) is 344 Å². The van der Waals surface area contributed by atoms with E-state index < -0.39 is 0 Å². The Labute approximate surface area is 600 Å². The molecule has 103 heavy (non-hydrogen) atoms. The predicted octanol–water partition coefficient (Wildman–Crippen LogP) is 26.0. The third-order valence-corrected chi connectivity index (χ3v) is 21.8. The zero-order valence-electron chi connectivity index (χ0n) is 57.7. The van der Waals surface area contributed by atoms with Crippen molar-refractivity contribution in [2.24, 2.45) is 7.05 Å². The second-order valence-electron chi connectivity index (χ2n) is 26.9. The fraction of sp³-hybridized carbons (Fsp3) is 0.0521. The molecule has 17 aromatic carbocycles. The fourth-order valence-corrected chi connectivity index (χ4v) is 16.3. The molecule has 0 aliphatic heterocycles. The molecule has 0 bridgehead atoms. The first kappa shape index (κ1) is 62.4. The van der Waals surface area contributed by atoms with Crippen LogP contribution in [-0.2, 0) is 7.05 Å². The second-order valence-corrected chi connectivity index (χ2v) is 28.0. The van der Waals surface area contributed by atoms with Crippen LogP contribution in [-0.4, -0.2) is 29.7 Å². The number of benzene rings is 17. The van der Waals surface area contributed by atoms with Crippen molar-refractivity contribution >= 4 is 151 Å². The molecule has 0 saturated heterocycles. The highest BCUT2D eigenvalue weighted by Gasteiger charge is 2.17. The molecule has 0 spiro atoms. The molecular weight excluding hydrogens is 1270 g/mol. The van der Waals surface area contributed by atoms with E-state index >= 15 is 0 Å². The monoisotopic (exact) mass is 1340 g/mol. The Morgan fingerprint density at radius 1 is 0.252 bits per heavy atom. The summed E-state index contributed by atoms with van der Waals surface area (Å²) in [6.07, 6.45) is 5.44. The van der Waals surface area contributed by atoms with Gasteiger partial charge in [-0.15, -0.1) is 11.3 Å². The summed E-state index contributed by atoms with van der Waals surface area (Å²) < 4.78 is 2.97. The van der Waals surface area contributed by atoms with E-state index in [0.717, 1.165) is 44.4 Å². The molecule has 0 fully saturated rings. The van der Waals surface area contributed by atoms with E-state index in [2.05, 4.69) is 321 Å². The maximum atomic E-state index is 4.85. The van der Waals surface area contributed by atoms with E-state index in [1.165, 1.54) is 162 Å². The molecule has 488 valence electrons. The van der Waals surface area contributed by atoms with Gasteiger partial charge in [0.25, 0.3) is 0 Å². The quantitative estimate of drug-likeness (QED) is 0.164. The summed E-state index contributed by atoms with van der Waals surface area (Å²) in [5.41, 5.74) is 13.0. The van der Waals surface area contributed by atoms with Crippen LogP contribution >= 0.6 is 11.3 Å².